The van der Waals surface area contributed by atoms with Crippen molar-refractivity contribution in [2.75, 3.05) is 26.2 Å². The van der Waals surface area contributed by atoms with Gasteiger partial charge in [-0.05, 0) is 23.8 Å². The van der Waals surface area contributed by atoms with E-state index >= 15 is 0 Å². The topological polar surface area (TPSA) is 46.0 Å². The summed E-state index contributed by atoms with van der Waals surface area (Å²) in [4.78, 5) is 11.6. The number of hydrogen-bond donors (Lipinski definition) is 1. The van der Waals surface area contributed by atoms with E-state index in [0.29, 0.717) is 6.04 Å². The van der Waals surface area contributed by atoms with Crippen molar-refractivity contribution in [3.05, 3.63) is 60.2 Å². The number of rotatable bonds is 4. The lowest BCUT2D eigenvalue weighted by atomic mass is 10.1. The van der Waals surface area contributed by atoms with Crippen LogP contribution in [0.5, 0.6) is 0 Å². The summed E-state index contributed by atoms with van der Waals surface area (Å²) in [6, 6.07) is 12.9. The number of piperazine rings is 1. The Bertz CT molecular complexity index is 811. The maximum atomic E-state index is 4.80. The molecule has 4 rings (SSSR count). The highest BCUT2D eigenvalue weighted by Gasteiger charge is 2.24. The number of benzene rings is 1. The summed E-state index contributed by atoms with van der Waals surface area (Å²) in [5.41, 5.74) is 3.57. The number of nitrogens with one attached hydrogen (secondary N) is 1. The molecule has 2 aromatic heterocycles. The number of pyridine rings is 1. The Kier molecular flexibility index (Phi) is 4.28. The minimum atomic E-state index is 0.391. The molecule has 1 fully saturated rings. The summed E-state index contributed by atoms with van der Waals surface area (Å²) >= 11 is 0. The molecule has 0 amide bonds. The molecule has 1 atom stereocenters. The molecular weight excluding hydrogens is 298 g/mol. The molecule has 0 radical (unpaired) electrons. The van der Waals surface area contributed by atoms with Gasteiger partial charge in [0.2, 0.25) is 0 Å². The standard InChI is InChI=1S/C19H23N5/c1-23-17-7-3-2-6-16(17)22-19(23)8-11-24-12-10-21-14-18(24)15-5-4-9-20-13-15/h2-7,9,13,18,21H,8,10-12,14H2,1H3. The molecule has 3 aromatic rings. The van der Waals surface area contributed by atoms with Gasteiger partial charge in [-0.2, -0.15) is 0 Å². The molecule has 1 aliphatic rings. The number of fused-ring (bicyclic) bond motifs is 1. The molecule has 5 nitrogen and oxygen atoms in total. The predicted molar refractivity (Wildman–Crippen MR) is 95.8 cm³/mol. The van der Waals surface area contributed by atoms with Crippen molar-refractivity contribution in [2.24, 2.45) is 7.05 Å². The van der Waals surface area contributed by atoms with E-state index in [0.717, 1.165) is 43.9 Å². The van der Waals surface area contributed by atoms with Gasteiger partial charge >= 0.3 is 0 Å². The zero-order valence-electron chi connectivity index (χ0n) is 14.0. The molecule has 1 unspecified atom stereocenters. The first kappa shape index (κ1) is 15.3. The number of aromatic nitrogens is 3. The van der Waals surface area contributed by atoms with Crippen LogP contribution in [0.4, 0.5) is 0 Å². The smallest absolute Gasteiger partial charge is 0.110 e. The highest BCUT2D eigenvalue weighted by molar-refractivity contribution is 5.75. The third kappa shape index (κ3) is 2.92. The summed E-state index contributed by atoms with van der Waals surface area (Å²) in [6.45, 7) is 4.09. The zero-order chi connectivity index (χ0) is 16.4. The van der Waals surface area contributed by atoms with Crippen LogP contribution in [0, 0.1) is 0 Å². The van der Waals surface area contributed by atoms with E-state index in [-0.39, 0.29) is 0 Å². The van der Waals surface area contributed by atoms with Crippen molar-refractivity contribution in [1.29, 1.82) is 0 Å². The van der Waals surface area contributed by atoms with Gasteiger partial charge in [-0.1, -0.05) is 18.2 Å². The Morgan fingerprint density at radius 2 is 2.12 bits per heavy atom. The molecule has 5 heteroatoms. The van der Waals surface area contributed by atoms with Crippen molar-refractivity contribution in [1.82, 2.24) is 24.8 Å². The maximum absolute atomic E-state index is 4.80. The minimum absolute atomic E-state index is 0.391. The van der Waals surface area contributed by atoms with Crippen LogP contribution >= 0.6 is 0 Å². The Morgan fingerprint density at radius 1 is 1.21 bits per heavy atom. The molecule has 0 aliphatic carbocycles. The molecule has 0 saturated carbocycles. The molecule has 24 heavy (non-hydrogen) atoms. The van der Waals surface area contributed by atoms with Crippen molar-refractivity contribution in [3.63, 3.8) is 0 Å². The zero-order valence-corrected chi connectivity index (χ0v) is 14.0. The largest absolute Gasteiger partial charge is 0.331 e. The first-order valence-corrected chi connectivity index (χ1v) is 8.58. The van der Waals surface area contributed by atoms with Gasteiger partial charge in [-0.15, -0.1) is 0 Å². The number of para-hydroxylation sites is 2. The lowest BCUT2D eigenvalue weighted by Crippen LogP contribution is -2.46. The van der Waals surface area contributed by atoms with Crippen molar-refractivity contribution >= 4 is 11.0 Å². The second-order valence-corrected chi connectivity index (χ2v) is 6.37. The summed E-state index contributed by atoms with van der Waals surface area (Å²) in [5.74, 6) is 1.15. The highest BCUT2D eigenvalue weighted by atomic mass is 15.2. The van der Waals surface area contributed by atoms with Gasteiger partial charge in [0.15, 0.2) is 0 Å². The normalized spacial score (nSPS) is 19.0. The van der Waals surface area contributed by atoms with Crippen LogP contribution in [0.3, 0.4) is 0 Å². The molecular formula is C19H23N5. The fourth-order valence-electron chi connectivity index (χ4n) is 3.58. The first-order valence-electron chi connectivity index (χ1n) is 8.58. The molecule has 0 spiro atoms. The molecule has 3 heterocycles. The third-order valence-corrected chi connectivity index (χ3v) is 4.93. The first-order chi connectivity index (χ1) is 11.8. The lowest BCUT2D eigenvalue weighted by Gasteiger charge is -2.36. The van der Waals surface area contributed by atoms with Crippen molar-refractivity contribution in [2.45, 2.75) is 12.5 Å². The average molecular weight is 321 g/mol. The van der Waals surface area contributed by atoms with E-state index in [1.165, 1.54) is 11.1 Å². The second kappa shape index (κ2) is 6.71. The second-order valence-electron chi connectivity index (χ2n) is 6.37. The Balaban J connectivity index is 1.51. The van der Waals surface area contributed by atoms with Crippen LogP contribution in [0.25, 0.3) is 11.0 Å². The quantitative estimate of drug-likeness (QED) is 0.800. The van der Waals surface area contributed by atoms with Gasteiger partial charge in [0, 0.05) is 58.1 Å². The van der Waals surface area contributed by atoms with Gasteiger partial charge in [-0.25, -0.2) is 4.98 Å². The molecule has 1 N–H and O–H groups in total. The van der Waals surface area contributed by atoms with Crippen LogP contribution in [-0.4, -0.2) is 45.6 Å². The van der Waals surface area contributed by atoms with Gasteiger partial charge < -0.3 is 9.88 Å². The summed E-state index contributed by atoms with van der Waals surface area (Å²) < 4.78 is 2.22. The number of hydrogen-bond acceptors (Lipinski definition) is 4. The fraction of sp³-hybridized carbons (Fsp3) is 0.368. The van der Waals surface area contributed by atoms with Crippen molar-refractivity contribution in [3.8, 4) is 0 Å². The molecule has 124 valence electrons. The molecule has 0 bridgehead atoms. The van der Waals surface area contributed by atoms with E-state index < -0.39 is 0 Å². The highest BCUT2D eigenvalue weighted by Crippen LogP contribution is 2.22. The molecule has 1 saturated heterocycles. The lowest BCUT2D eigenvalue weighted by molar-refractivity contribution is 0.162. The monoisotopic (exact) mass is 321 g/mol. The Labute approximate surface area is 142 Å². The van der Waals surface area contributed by atoms with Crippen LogP contribution in [0.1, 0.15) is 17.4 Å². The number of imidazole rings is 1. The van der Waals surface area contributed by atoms with Crippen molar-refractivity contribution < 1.29 is 0 Å². The van der Waals surface area contributed by atoms with E-state index in [1.807, 2.05) is 24.5 Å². The van der Waals surface area contributed by atoms with Gasteiger partial charge in [-0.3, -0.25) is 9.88 Å². The van der Waals surface area contributed by atoms with E-state index in [1.54, 1.807) is 0 Å². The Morgan fingerprint density at radius 3 is 2.96 bits per heavy atom. The summed E-state index contributed by atoms with van der Waals surface area (Å²) in [7, 11) is 2.11. The Hall–Kier alpha value is -2.24. The molecule has 1 aliphatic heterocycles. The third-order valence-electron chi connectivity index (χ3n) is 4.93. The summed E-state index contributed by atoms with van der Waals surface area (Å²) in [6.07, 6.45) is 4.78. The fourth-order valence-corrected chi connectivity index (χ4v) is 3.58. The SMILES string of the molecule is Cn1c(CCN2CCNCC2c2cccnc2)nc2ccccc21. The maximum Gasteiger partial charge on any atom is 0.110 e. The number of aryl methyl sites for hydroxylation is 1. The number of nitrogens with zero attached hydrogens (tertiary/aromatic N) is 4. The van der Waals surface area contributed by atoms with E-state index in [2.05, 4.69) is 51.1 Å². The van der Waals surface area contributed by atoms with Crippen LogP contribution < -0.4 is 5.32 Å². The predicted octanol–water partition coefficient (Wildman–Crippen LogP) is 2.16. The van der Waals surface area contributed by atoms with Crippen LogP contribution in [0.15, 0.2) is 48.8 Å². The van der Waals surface area contributed by atoms with Crippen LogP contribution in [-0.2, 0) is 13.5 Å². The van der Waals surface area contributed by atoms with E-state index in [4.69, 9.17) is 4.98 Å². The molecule has 1 aromatic carbocycles. The van der Waals surface area contributed by atoms with Crippen LogP contribution in [0.2, 0.25) is 0 Å². The van der Waals surface area contributed by atoms with Gasteiger partial charge in [0.25, 0.3) is 0 Å². The van der Waals surface area contributed by atoms with Gasteiger partial charge in [0.05, 0.1) is 11.0 Å². The minimum Gasteiger partial charge on any atom is -0.331 e. The van der Waals surface area contributed by atoms with E-state index in [9.17, 15) is 0 Å². The summed E-state index contributed by atoms with van der Waals surface area (Å²) in [5, 5.41) is 3.50. The average Bonchev–Trinajstić information content (AvgIpc) is 2.97. The van der Waals surface area contributed by atoms with Gasteiger partial charge in [0.1, 0.15) is 5.82 Å².